The number of hydrogen-bond donors (Lipinski definition) is 0. The molecule has 3 rings (SSSR count). The first-order valence-electron chi connectivity index (χ1n) is 10.3. The van der Waals surface area contributed by atoms with Gasteiger partial charge < -0.3 is 0 Å². The summed E-state index contributed by atoms with van der Waals surface area (Å²) < 4.78 is 0. The van der Waals surface area contributed by atoms with Crippen molar-refractivity contribution in [1.29, 1.82) is 0 Å². The van der Waals surface area contributed by atoms with Crippen molar-refractivity contribution in [3.8, 4) is 0 Å². The number of rotatable bonds is 4. The first kappa shape index (κ1) is 19.5. The van der Waals surface area contributed by atoms with Gasteiger partial charge >= 0.3 is 0 Å². The molecule has 2 nitrogen and oxygen atoms in total. The predicted molar refractivity (Wildman–Crippen MR) is 111 cm³/mol. The number of carbonyl (C=O) groups excluding carboxylic acids is 2. The Balaban J connectivity index is 1.90. The van der Waals surface area contributed by atoms with Crippen LogP contribution in [0.25, 0.3) is 5.57 Å². The van der Waals surface area contributed by atoms with Gasteiger partial charge in [0.2, 0.25) is 0 Å². The Morgan fingerprint density at radius 2 is 1.67 bits per heavy atom. The van der Waals surface area contributed by atoms with Crippen LogP contribution in [0.2, 0.25) is 0 Å². The molecule has 0 aromatic heterocycles. The number of hydrogen-bond acceptors (Lipinski definition) is 2. The van der Waals surface area contributed by atoms with Gasteiger partial charge in [-0.25, -0.2) is 0 Å². The van der Waals surface area contributed by atoms with Gasteiger partial charge in [0.1, 0.15) is 0 Å². The molecule has 0 bridgehead atoms. The van der Waals surface area contributed by atoms with Gasteiger partial charge in [0.05, 0.1) is 5.57 Å². The highest BCUT2D eigenvalue weighted by molar-refractivity contribution is 6.38. The molecule has 0 saturated heterocycles. The quantitative estimate of drug-likeness (QED) is 0.475. The number of aryl methyl sites for hydroxylation is 1. The average molecular weight is 363 g/mol. The average Bonchev–Trinajstić information content (AvgIpc) is 2.90. The van der Waals surface area contributed by atoms with Crippen LogP contribution in [-0.2, 0) is 9.59 Å². The van der Waals surface area contributed by atoms with Gasteiger partial charge in [-0.15, -0.1) is 0 Å². The van der Waals surface area contributed by atoms with Crippen molar-refractivity contribution in [2.24, 2.45) is 5.92 Å². The summed E-state index contributed by atoms with van der Waals surface area (Å²) in [5, 5.41) is 0. The van der Waals surface area contributed by atoms with E-state index in [4.69, 9.17) is 0 Å². The van der Waals surface area contributed by atoms with Gasteiger partial charge in [-0.3, -0.25) is 9.59 Å². The molecule has 0 radical (unpaired) electrons. The van der Waals surface area contributed by atoms with Gasteiger partial charge in [0.25, 0.3) is 0 Å². The summed E-state index contributed by atoms with van der Waals surface area (Å²) in [7, 11) is 0. The molecule has 0 heterocycles. The van der Waals surface area contributed by atoms with Crippen molar-refractivity contribution >= 4 is 17.1 Å². The van der Waals surface area contributed by atoms with Crippen LogP contribution >= 0.6 is 0 Å². The largest absolute Gasteiger partial charge is 0.294 e. The second kappa shape index (κ2) is 9.12. The summed E-state index contributed by atoms with van der Waals surface area (Å²) in [5.74, 6) is 0.417. The minimum absolute atomic E-state index is 0.156. The summed E-state index contributed by atoms with van der Waals surface area (Å²) in [6, 6.07) is 7.99. The number of ketones is 2. The van der Waals surface area contributed by atoms with Crippen molar-refractivity contribution in [2.45, 2.75) is 65.2 Å². The molecular weight excluding hydrogens is 332 g/mol. The van der Waals surface area contributed by atoms with Gasteiger partial charge in [-0.2, -0.15) is 0 Å². The fourth-order valence-electron chi connectivity index (χ4n) is 4.17. The van der Waals surface area contributed by atoms with Crippen LogP contribution in [0, 0.1) is 12.8 Å². The number of allylic oxidation sites excluding steroid dienone is 6. The van der Waals surface area contributed by atoms with E-state index in [0.717, 1.165) is 29.9 Å². The van der Waals surface area contributed by atoms with Gasteiger partial charge in [-0.05, 0) is 44.2 Å². The standard InChI is InChI=1S/C25H30O2/c1-18-9-13-22(14-10-18)24-16-12-21(11-15-23(19(2)26)25(24)27)17-20-7-5-3-4-6-8-20/h9-11,13-16,20H,3-8,12,17H2,1-2H3/b21-11-,23-15-,24-16-. The van der Waals surface area contributed by atoms with Gasteiger partial charge in [0.15, 0.2) is 11.6 Å². The van der Waals surface area contributed by atoms with E-state index in [0.29, 0.717) is 11.1 Å². The summed E-state index contributed by atoms with van der Waals surface area (Å²) in [6.45, 7) is 3.52. The van der Waals surface area contributed by atoms with E-state index in [1.807, 2.05) is 43.3 Å². The fraction of sp³-hybridized carbons (Fsp3) is 0.440. The molecule has 0 atom stereocenters. The molecule has 2 aliphatic rings. The first-order valence-corrected chi connectivity index (χ1v) is 10.3. The van der Waals surface area contributed by atoms with E-state index in [9.17, 15) is 9.59 Å². The maximum Gasteiger partial charge on any atom is 0.196 e. The Bertz CT molecular complexity index is 782. The van der Waals surface area contributed by atoms with Crippen LogP contribution in [0.15, 0.2) is 53.6 Å². The van der Waals surface area contributed by atoms with E-state index >= 15 is 0 Å². The summed E-state index contributed by atoms with van der Waals surface area (Å²) in [4.78, 5) is 25.1. The number of benzene rings is 1. The predicted octanol–water partition coefficient (Wildman–Crippen LogP) is 6.15. The fourth-order valence-corrected chi connectivity index (χ4v) is 4.17. The van der Waals surface area contributed by atoms with Gasteiger partial charge in [0, 0.05) is 5.57 Å². The third-order valence-electron chi connectivity index (χ3n) is 5.81. The van der Waals surface area contributed by atoms with E-state index in [1.54, 1.807) is 6.08 Å². The highest BCUT2D eigenvalue weighted by Crippen LogP contribution is 2.31. The smallest absolute Gasteiger partial charge is 0.196 e. The molecule has 1 aromatic carbocycles. The lowest BCUT2D eigenvalue weighted by Gasteiger charge is -2.18. The summed E-state index contributed by atoms with van der Waals surface area (Å²) in [6.07, 6.45) is 15.7. The zero-order chi connectivity index (χ0) is 19.2. The zero-order valence-electron chi connectivity index (χ0n) is 16.6. The lowest BCUT2D eigenvalue weighted by molar-refractivity contribution is -0.117. The number of carbonyl (C=O) groups is 2. The maximum atomic E-state index is 13.0. The third-order valence-corrected chi connectivity index (χ3v) is 5.81. The molecule has 2 aliphatic carbocycles. The molecule has 0 spiro atoms. The molecule has 27 heavy (non-hydrogen) atoms. The lowest BCUT2D eigenvalue weighted by Crippen LogP contribution is -2.13. The van der Waals surface area contributed by atoms with E-state index in [2.05, 4.69) is 0 Å². The van der Waals surface area contributed by atoms with E-state index < -0.39 is 0 Å². The molecule has 1 aromatic rings. The SMILES string of the molecule is CC(=O)/C1=C/C=C(\CC2CCCCCC2)C/C=C(/c2ccc(C)cc2)C1=O. The second-order valence-electron chi connectivity index (χ2n) is 8.04. The van der Waals surface area contributed by atoms with Crippen LogP contribution in [0.3, 0.4) is 0 Å². The normalized spacial score (nSPS) is 25.1. The molecule has 0 aliphatic heterocycles. The summed E-state index contributed by atoms with van der Waals surface area (Å²) in [5.41, 5.74) is 4.34. The molecule has 1 saturated carbocycles. The highest BCUT2D eigenvalue weighted by atomic mass is 16.1. The maximum absolute atomic E-state index is 13.0. The van der Waals surface area contributed by atoms with Crippen LogP contribution in [0.1, 0.15) is 69.4 Å². The molecule has 0 N–H and O–H groups in total. The van der Waals surface area contributed by atoms with Crippen LogP contribution in [0.5, 0.6) is 0 Å². The molecule has 142 valence electrons. The van der Waals surface area contributed by atoms with E-state index in [-0.39, 0.29) is 11.6 Å². The van der Waals surface area contributed by atoms with Crippen molar-refractivity contribution in [1.82, 2.24) is 0 Å². The Labute approximate surface area is 163 Å². The summed E-state index contributed by atoms with van der Waals surface area (Å²) >= 11 is 0. The Morgan fingerprint density at radius 1 is 1.00 bits per heavy atom. The Morgan fingerprint density at radius 3 is 2.30 bits per heavy atom. The monoisotopic (exact) mass is 362 g/mol. The topological polar surface area (TPSA) is 34.1 Å². The van der Waals surface area contributed by atoms with Crippen molar-refractivity contribution in [3.05, 3.63) is 64.8 Å². The Hall–Kier alpha value is -2.22. The first-order chi connectivity index (χ1) is 13.0. The van der Waals surface area contributed by atoms with E-state index in [1.165, 1.54) is 51.0 Å². The van der Waals surface area contributed by atoms with Crippen LogP contribution in [0.4, 0.5) is 0 Å². The Kier molecular flexibility index (Phi) is 6.60. The van der Waals surface area contributed by atoms with Crippen LogP contribution in [-0.4, -0.2) is 11.6 Å². The van der Waals surface area contributed by atoms with Crippen molar-refractivity contribution in [3.63, 3.8) is 0 Å². The van der Waals surface area contributed by atoms with Gasteiger partial charge in [-0.1, -0.05) is 86.1 Å². The highest BCUT2D eigenvalue weighted by Gasteiger charge is 2.22. The zero-order valence-corrected chi connectivity index (χ0v) is 16.6. The van der Waals surface area contributed by atoms with Crippen molar-refractivity contribution < 1.29 is 9.59 Å². The lowest BCUT2D eigenvalue weighted by atomic mass is 9.86. The number of Topliss-reactive ketones (excluding diaryl/α,β-unsaturated/α-hetero) is 2. The molecular formula is C25H30O2. The van der Waals surface area contributed by atoms with Crippen LogP contribution < -0.4 is 0 Å². The third kappa shape index (κ3) is 5.15. The minimum atomic E-state index is -0.162. The second-order valence-corrected chi connectivity index (χ2v) is 8.04. The molecule has 0 amide bonds. The molecule has 2 heteroatoms. The van der Waals surface area contributed by atoms with Crippen molar-refractivity contribution in [2.75, 3.05) is 0 Å². The minimum Gasteiger partial charge on any atom is -0.294 e. The molecule has 1 fully saturated rings. The molecule has 0 unspecified atom stereocenters.